The third-order valence-corrected chi connectivity index (χ3v) is 8.31. The first-order chi connectivity index (χ1) is 20.1. The summed E-state index contributed by atoms with van der Waals surface area (Å²) in [5.41, 5.74) is 5.05. The van der Waals surface area contributed by atoms with Crippen molar-refractivity contribution in [1.29, 1.82) is 0 Å². The number of ether oxygens (including phenoxy) is 2. The van der Waals surface area contributed by atoms with Gasteiger partial charge >= 0.3 is 0 Å². The van der Waals surface area contributed by atoms with Crippen LogP contribution < -0.4 is 4.74 Å². The molecule has 1 saturated heterocycles. The van der Waals surface area contributed by atoms with Gasteiger partial charge in [0.1, 0.15) is 11.6 Å². The number of aliphatic hydroxyl groups excluding tert-OH is 1. The minimum atomic E-state index is 0.0957. The zero-order valence-electron chi connectivity index (χ0n) is 23.7. The number of aliphatic hydroxyl groups is 1. The van der Waals surface area contributed by atoms with Crippen LogP contribution in [0.15, 0.2) is 54.7 Å². The standard InChI is InChI=1S/C33H38N4O4/c1-23(39)36-14-15-37-31(22-36)32(35-33(37)25-12-18-40-19-13-25)28-7-5-6-26-20-30(34-21-29(26)28)24-8-10-27(11-9-24)41-17-4-2-3-16-38/h5-11,20-21,25,38H,2-4,12-19,22H2,1H3. The topological polar surface area (TPSA) is 89.7 Å². The number of hydrogen-bond acceptors (Lipinski definition) is 6. The molecule has 214 valence electrons. The van der Waals surface area contributed by atoms with Gasteiger partial charge < -0.3 is 24.0 Å². The van der Waals surface area contributed by atoms with Gasteiger partial charge in [0.2, 0.25) is 5.91 Å². The van der Waals surface area contributed by atoms with Crippen LogP contribution in [0.1, 0.15) is 56.5 Å². The van der Waals surface area contributed by atoms with E-state index in [9.17, 15) is 4.79 Å². The quantitative estimate of drug-likeness (QED) is 0.273. The van der Waals surface area contributed by atoms with Crippen molar-refractivity contribution < 1.29 is 19.4 Å². The molecule has 4 aromatic rings. The summed E-state index contributed by atoms with van der Waals surface area (Å²) in [6.45, 7) is 6.10. The number of nitrogens with zero attached hydrogens (tertiary/aromatic N) is 4. The summed E-state index contributed by atoms with van der Waals surface area (Å²) in [5.74, 6) is 2.43. The van der Waals surface area contributed by atoms with Gasteiger partial charge in [0.15, 0.2) is 0 Å². The van der Waals surface area contributed by atoms with Gasteiger partial charge in [-0.2, -0.15) is 0 Å². The van der Waals surface area contributed by atoms with Gasteiger partial charge in [-0.05, 0) is 67.8 Å². The van der Waals surface area contributed by atoms with E-state index in [4.69, 9.17) is 24.5 Å². The smallest absolute Gasteiger partial charge is 0.219 e. The SMILES string of the molecule is CC(=O)N1CCn2c(C3CCOCC3)nc(-c3cccc4cc(-c5ccc(OCCCCCO)cc5)ncc34)c2C1. The Morgan fingerprint density at radius 2 is 1.90 bits per heavy atom. The van der Waals surface area contributed by atoms with Crippen molar-refractivity contribution in [3.63, 3.8) is 0 Å². The molecule has 1 N–H and O–H groups in total. The Labute approximate surface area is 240 Å². The molecule has 41 heavy (non-hydrogen) atoms. The normalized spacial score (nSPS) is 15.7. The van der Waals surface area contributed by atoms with Crippen LogP contribution in [-0.4, -0.2) is 63.4 Å². The number of carbonyl (C=O) groups excluding carboxylic acids is 1. The van der Waals surface area contributed by atoms with E-state index in [1.807, 2.05) is 35.4 Å². The zero-order chi connectivity index (χ0) is 28.2. The van der Waals surface area contributed by atoms with E-state index in [1.165, 1.54) is 0 Å². The maximum atomic E-state index is 12.3. The third kappa shape index (κ3) is 5.85. The van der Waals surface area contributed by atoms with Gasteiger partial charge in [-0.3, -0.25) is 9.78 Å². The Hall–Kier alpha value is -3.75. The van der Waals surface area contributed by atoms with E-state index < -0.39 is 0 Å². The highest BCUT2D eigenvalue weighted by molar-refractivity contribution is 5.97. The Kier molecular flexibility index (Phi) is 8.30. The summed E-state index contributed by atoms with van der Waals surface area (Å²) in [6, 6.07) is 16.5. The molecule has 1 amide bonds. The summed E-state index contributed by atoms with van der Waals surface area (Å²) in [7, 11) is 0. The highest BCUT2D eigenvalue weighted by Crippen LogP contribution is 2.37. The van der Waals surface area contributed by atoms with E-state index in [0.29, 0.717) is 25.6 Å². The maximum absolute atomic E-state index is 12.3. The van der Waals surface area contributed by atoms with Crippen molar-refractivity contribution >= 4 is 16.7 Å². The Bertz CT molecular complexity index is 1510. The monoisotopic (exact) mass is 554 g/mol. The van der Waals surface area contributed by atoms with Gasteiger partial charge in [-0.1, -0.05) is 18.2 Å². The molecule has 0 atom stereocenters. The van der Waals surface area contributed by atoms with Crippen LogP contribution in [0.3, 0.4) is 0 Å². The van der Waals surface area contributed by atoms with Crippen LogP contribution in [0, 0.1) is 0 Å². The van der Waals surface area contributed by atoms with Crippen LogP contribution in [0.5, 0.6) is 5.75 Å². The summed E-state index contributed by atoms with van der Waals surface area (Å²) in [5, 5.41) is 11.1. The summed E-state index contributed by atoms with van der Waals surface area (Å²) in [4.78, 5) is 24.4. The zero-order valence-corrected chi connectivity index (χ0v) is 23.7. The Morgan fingerprint density at radius 1 is 1.07 bits per heavy atom. The molecule has 0 aliphatic carbocycles. The molecule has 0 saturated carbocycles. The highest BCUT2D eigenvalue weighted by atomic mass is 16.5. The molecule has 0 radical (unpaired) electrons. The van der Waals surface area contributed by atoms with Gasteiger partial charge in [0, 0.05) is 68.5 Å². The number of amides is 1. The summed E-state index contributed by atoms with van der Waals surface area (Å²) < 4.78 is 13.8. The van der Waals surface area contributed by atoms with E-state index in [2.05, 4.69) is 28.8 Å². The number of carbonyl (C=O) groups is 1. The Morgan fingerprint density at radius 3 is 2.68 bits per heavy atom. The lowest BCUT2D eigenvalue weighted by atomic mass is 9.99. The van der Waals surface area contributed by atoms with Gasteiger partial charge in [-0.15, -0.1) is 0 Å². The number of imidazole rings is 1. The van der Waals surface area contributed by atoms with Crippen molar-refractivity contribution in [3.8, 4) is 28.3 Å². The van der Waals surface area contributed by atoms with E-state index in [-0.39, 0.29) is 12.5 Å². The lowest BCUT2D eigenvalue weighted by Crippen LogP contribution is -2.37. The van der Waals surface area contributed by atoms with Crippen molar-refractivity contribution in [2.75, 3.05) is 33.0 Å². The Balaban J connectivity index is 1.30. The lowest BCUT2D eigenvalue weighted by molar-refractivity contribution is -0.130. The minimum absolute atomic E-state index is 0.0957. The van der Waals surface area contributed by atoms with Crippen LogP contribution in [-0.2, 0) is 22.6 Å². The number of hydrogen-bond donors (Lipinski definition) is 1. The van der Waals surface area contributed by atoms with Gasteiger partial charge in [0.25, 0.3) is 0 Å². The molecule has 2 aromatic carbocycles. The van der Waals surface area contributed by atoms with Crippen molar-refractivity contribution in [2.45, 2.75) is 58.0 Å². The average Bonchev–Trinajstić information content (AvgIpc) is 3.40. The second kappa shape index (κ2) is 12.4. The first-order valence-corrected chi connectivity index (χ1v) is 14.8. The first-order valence-electron chi connectivity index (χ1n) is 14.8. The number of unbranched alkanes of at least 4 members (excludes halogenated alkanes) is 2. The first kappa shape index (κ1) is 27.4. The van der Waals surface area contributed by atoms with Crippen LogP contribution >= 0.6 is 0 Å². The highest BCUT2D eigenvalue weighted by Gasteiger charge is 2.30. The molecule has 2 aliphatic rings. The van der Waals surface area contributed by atoms with Crippen LogP contribution in [0.2, 0.25) is 0 Å². The molecule has 0 bridgehead atoms. The van der Waals surface area contributed by atoms with Crippen LogP contribution in [0.25, 0.3) is 33.3 Å². The number of pyridine rings is 1. The van der Waals surface area contributed by atoms with Gasteiger partial charge in [0.05, 0.1) is 30.2 Å². The van der Waals surface area contributed by atoms with Gasteiger partial charge in [-0.25, -0.2) is 4.98 Å². The van der Waals surface area contributed by atoms with Crippen molar-refractivity contribution in [2.24, 2.45) is 0 Å². The largest absolute Gasteiger partial charge is 0.494 e. The maximum Gasteiger partial charge on any atom is 0.219 e. The predicted molar refractivity (Wildman–Crippen MR) is 159 cm³/mol. The second-order valence-corrected chi connectivity index (χ2v) is 11.0. The van der Waals surface area contributed by atoms with E-state index in [1.54, 1.807) is 6.92 Å². The molecule has 8 heteroatoms. The summed E-state index contributed by atoms with van der Waals surface area (Å²) >= 11 is 0. The fraction of sp³-hybridized carbons (Fsp3) is 0.424. The fourth-order valence-electron chi connectivity index (χ4n) is 5.99. The third-order valence-electron chi connectivity index (χ3n) is 8.31. The molecule has 2 aliphatic heterocycles. The average molecular weight is 555 g/mol. The van der Waals surface area contributed by atoms with Crippen molar-refractivity contribution in [1.82, 2.24) is 19.4 Å². The van der Waals surface area contributed by atoms with Crippen molar-refractivity contribution in [3.05, 3.63) is 66.2 Å². The number of fused-ring (bicyclic) bond motifs is 2. The second-order valence-electron chi connectivity index (χ2n) is 11.0. The lowest BCUT2D eigenvalue weighted by Gasteiger charge is -2.30. The van der Waals surface area contributed by atoms with Crippen LogP contribution in [0.4, 0.5) is 0 Å². The minimum Gasteiger partial charge on any atom is -0.494 e. The predicted octanol–water partition coefficient (Wildman–Crippen LogP) is 5.56. The number of aromatic nitrogens is 3. The fourth-order valence-corrected chi connectivity index (χ4v) is 5.99. The number of benzene rings is 2. The molecule has 1 fully saturated rings. The van der Waals surface area contributed by atoms with E-state index in [0.717, 1.165) is 102 Å². The molecular weight excluding hydrogens is 516 g/mol. The molecule has 4 heterocycles. The summed E-state index contributed by atoms with van der Waals surface area (Å²) in [6.07, 6.45) is 6.61. The molecule has 2 aromatic heterocycles. The van der Waals surface area contributed by atoms with E-state index >= 15 is 0 Å². The molecule has 0 spiro atoms. The molecule has 6 rings (SSSR count). The molecule has 0 unspecified atom stereocenters. The molecule has 8 nitrogen and oxygen atoms in total. The number of rotatable bonds is 9. The molecular formula is C33H38N4O4.